The molecule has 1 aromatic carbocycles. The van der Waals surface area contributed by atoms with E-state index in [9.17, 15) is 14.0 Å². The summed E-state index contributed by atoms with van der Waals surface area (Å²) in [7, 11) is 0. The molecule has 1 rings (SSSR count). The lowest BCUT2D eigenvalue weighted by Gasteiger charge is -2.10. The number of carboxylic acids is 1. The van der Waals surface area contributed by atoms with Crippen molar-refractivity contribution in [3.63, 3.8) is 0 Å². The van der Waals surface area contributed by atoms with Gasteiger partial charge in [-0.05, 0) is 23.6 Å². The van der Waals surface area contributed by atoms with E-state index in [4.69, 9.17) is 5.11 Å². The molecule has 0 bridgehead atoms. The van der Waals surface area contributed by atoms with Crippen molar-refractivity contribution in [2.45, 2.75) is 30.7 Å². The van der Waals surface area contributed by atoms with Crippen molar-refractivity contribution in [3.05, 3.63) is 29.8 Å². The van der Waals surface area contributed by atoms with Gasteiger partial charge in [-0.1, -0.05) is 26.0 Å². The number of alkyl halides is 1. The van der Waals surface area contributed by atoms with Gasteiger partial charge in [0.05, 0.1) is 5.75 Å². The molecule has 0 aliphatic heterocycles. The summed E-state index contributed by atoms with van der Waals surface area (Å²) in [6.45, 7) is 3.08. The number of nitrogens with one attached hydrogen (secondary N) is 1. The predicted molar refractivity (Wildman–Crippen MR) is 76.8 cm³/mol. The lowest BCUT2D eigenvalue weighted by Crippen LogP contribution is -2.43. The van der Waals surface area contributed by atoms with Gasteiger partial charge in [0.2, 0.25) is 5.91 Å². The standard InChI is InChI=1S/C14H18FNO3S/c1-9(2)10-3-5-11(6-4-10)20-8-13(17)16-12(7-15)14(18)19/h3-6,9,12H,7-8H2,1-2H3,(H,16,17)(H,18,19). The summed E-state index contributed by atoms with van der Waals surface area (Å²) in [5, 5.41) is 10.8. The van der Waals surface area contributed by atoms with E-state index in [0.29, 0.717) is 5.92 Å². The van der Waals surface area contributed by atoms with Crippen LogP contribution in [0.2, 0.25) is 0 Å². The Morgan fingerprint density at radius 3 is 2.35 bits per heavy atom. The lowest BCUT2D eigenvalue weighted by molar-refractivity contribution is -0.141. The molecular formula is C14H18FNO3S. The van der Waals surface area contributed by atoms with E-state index < -0.39 is 24.6 Å². The van der Waals surface area contributed by atoms with Gasteiger partial charge in [-0.15, -0.1) is 11.8 Å². The fraction of sp³-hybridized carbons (Fsp3) is 0.429. The fourth-order valence-corrected chi connectivity index (χ4v) is 2.21. The van der Waals surface area contributed by atoms with Crippen molar-refractivity contribution in [1.82, 2.24) is 5.32 Å². The van der Waals surface area contributed by atoms with E-state index in [0.717, 1.165) is 4.90 Å². The molecule has 110 valence electrons. The monoisotopic (exact) mass is 299 g/mol. The molecule has 1 unspecified atom stereocenters. The van der Waals surface area contributed by atoms with Crippen molar-refractivity contribution < 1.29 is 19.1 Å². The van der Waals surface area contributed by atoms with Crippen LogP contribution >= 0.6 is 11.8 Å². The number of amides is 1. The van der Waals surface area contributed by atoms with Crippen molar-refractivity contribution in [3.8, 4) is 0 Å². The molecule has 0 heterocycles. The largest absolute Gasteiger partial charge is 0.480 e. The molecule has 0 aromatic heterocycles. The van der Waals surface area contributed by atoms with Crippen molar-refractivity contribution >= 4 is 23.6 Å². The zero-order valence-electron chi connectivity index (χ0n) is 11.4. The Labute approximate surface area is 121 Å². The maximum Gasteiger partial charge on any atom is 0.328 e. The zero-order chi connectivity index (χ0) is 15.1. The van der Waals surface area contributed by atoms with Crippen LogP contribution in [0.25, 0.3) is 0 Å². The van der Waals surface area contributed by atoms with E-state index >= 15 is 0 Å². The highest BCUT2D eigenvalue weighted by Crippen LogP contribution is 2.21. The van der Waals surface area contributed by atoms with E-state index in [2.05, 4.69) is 19.2 Å². The third kappa shape index (κ3) is 5.21. The van der Waals surface area contributed by atoms with Gasteiger partial charge in [0, 0.05) is 4.90 Å². The lowest BCUT2D eigenvalue weighted by atomic mass is 10.0. The van der Waals surface area contributed by atoms with Crippen molar-refractivity contribution in [2.75, 3.05) is 12.4 Å². The molecule has 0 aliphatic carbocycles. The maximum atomic E-state index is 12.3. The molecule has 0 aliphatic rings. The summed E-state index contributed by atoms with van der Waals surface area (Å²) in [6, 6.07) is 6.35. The van der Waals surface area contributed by atoms with Crippen LogP contribution in [0.1, 0.15) is 25.3 Å². The normalized spacial score (nSPS) is 12.2. The topological polar surface area (TPSA) is 66.4 Å². The van der Waals surface area contributed by atoms with Crippen LogP contribution in [0.4, 0.5) is 4.39 Å². The van der Waals surface area contributed by atoms with Gasteiger partial charge in [-0.25, -0.2) is 9.18 Å². The van der Waals surface area contributed by atoms with Gasteiger partial charge in [0.15, 0.2) is 6.04 Å². The molecule has 6 heteroatoms. The second kappa shape index (κ2) is 7.89. The van der Waals surface area contributed by atoms with Gasteiger partial charge in [0.1, 0.15) is 6.67 Å². The summed E-state index contributed by atoms with van der Waals surface area (Å²) in [4.78, 5) is 23.0. The average molecular weight is 299 g/mol. The summed E-state index contributed by atoms with van der Waals surface area (Å²) >= 11 is 1.29. The Bertz CT molecular complexity index is 462. The second-order valence-electron chi connectivity index (χ2n) is 4.63. The molecule has 0 fully saturated rings. The first-order valence-corrected chi connectivity index (χ1v) is 7.23. The fourth-order valence-electron chi connectivity index (χ4n) is 1.50. The van der Waals surface area contributed by atoms with E-state index in [1.165, 1.54) is 17.3 Å². The molecule has 0 spiro atoms. The number of hydrogen-bond acceptors (Lipinski definition) is 3. The molecule has 1 atom stereocenters. The number of carbonyl (C=O) groups excluding carboxylic acids is 1. The third-order valence-corrected chi connectivity index (χ3v) is 3.72. The molecule has 0 saturated heterocycles. The van der Waals surface area contributed by atoms with Gasteiger partial charge in [-0.3, -0.25) is 4.79 Å². The van der Waals surface area contributed by atoms with E-state index in [1.54, 1.807) is 0 Å². The Kier molecular flexibility index (Phi) is 6.51. The quantitative estimate of drug-likeness (QED) is 0.759. The first-order chi connectivity index (χ1) is 9.43. The van der Waals surface area contributed by atoms with Crippen molar-refractivity contribution in [2.24, 2.45) is 0 Å². The first kappa shape index (κ1) is 16.5. The van der Waals surface area contributed by atoms with Gasteiger partial charge < -0.3 is 10.4 Å². The number of carbonyl (C=O) groups is 2. The van der Waals surface area contributed by atoms with Gasteiger partial charge in [0.25, 0.3) is 0 Å². The number of thioether (sulfide) groups is 1. The number of hydrogen-bond donors (Lipinski definition) is 2. The summed E-state index contributed by atoms with van der Waals surface area (Å²) < 4.78 is 12.3. The smallest absolute Gasteiger partial charge is 0.328 e. The van der Waals surface area contributed by atoms with Crippen LogP contribution in [0.5, 0.6) is 0 Å². The molecule has 4 nitrogen and oxygen atoms in total. The second-order valence-corrected chi connectivity index (χ2v) is 5.67. The van der Waals surface area contributed by atoms with Gasteiger partial charge >= 0.3 is 5.97 Å². The third-order valence-electron chi connectivity index (χ3n) is 2.70. The number of aliphatic carboxylic acids is 1. The average Bonchev–Trinajstić information content (AvgIpc) is 2.42. The summed E-state index contributed by atoms with van der Waals surface area (Å²) in [5.74, 6) is -1.36. The van der Waals surface area contributed by atoms with Crippen LogP contribution in [0, 0.1) is 0 Å². The SMILES string of the molecule is CC(C)c1ccc(SCC(=O)NC(CF)C(=O)O)cc1. The number of rotatable bonds is 7. The number of carboxylic acid groups (broad SMARTS) is 1. The molecule has 1 amide bonds. The Hall–Kier alpha value is -1.56. The number of halogens is 1. The van der Waals surface area contributed by atoms with Crippen LogP contribution in [0.15, 0.2) is 29.2 Å². The highest BCUT2D eigenvalue weighted by molar-refractivity contribution is 8.00. The minimum Gasteiger partial charge on any atom is -0.480 e. The van der Waals surface area contributed by atoms with Crippen LogP contribution < -0.4 is 5.32 Å². The van der Waals surface area contributed by atoms with E-state index in [1.807, 2.05) is 24.3 Å². The minimum atomic E-state index is -1.47. The first-order valence-electron chi connectivity index (χ1n) is 6.25. The molecule has 20 heavy (non-hydrogen) atoms. The van der Waals surface area contributed by atoms with E-state index in [-0.39, 0.29) is 5.75 Å². The van der Waals surface area contributed by atoms with Crippen LogP contribution in [-0.2, 0) is 9.59 Å². The highest BCUT2D eigenvalue weighted by atomic mass is 32.2. The summed E-state index contributed by atoms with van der Waals surface area (Å²) in [6.07, 6.45) is 0. The zero-order valence-corrected chi connectivity index (χ0v) is 12.2. The summed E-state index contributed by atoms with van der Waals surface area (Å²) in [5.41, 5.74) is 1.21. The molecule has 1 aromatic rings. The van der Waals surface area contributed by atoms with Gasteiger partial charge in [-0.2, -0.15) is 0 Å². The highest BCUT2D eigenvalue weighted by Gasteiger charge is 2.19. The minimum absolute atomic E-state index is 0.0603. The number of benzene rings is 1. The Morgan fingerprint density at radius 2 is 1.90 bits per heavy atom. The van der Waals surface area contributed by atoms with Crippen LogP contribution in [-0.4, -0.2) is 35.5 Å². The van der Waals surface area contributed by atoms with Crippen LogP contribution in [0.3, 0.4) is 0 Å². The molecule has 2 N–H and O–H groups in total. The predicted octanol–water partition coefficient (Wildman–Crippen LogP) is 2.44. The Balaban J connectivity index is 2.46. The van der Waals surface area contributed by atoms with Crippen molar-refractivity contribution in [1.29, 1.82) is 0 Å². The molecule has 0 radical (unpaired) electrons. The maximum absolute atomic E-state index is 12.3. The molecular weight excluding hydrogens is 281 g/mol. The molecule has 0 saturated carbocycles. The Morgan fingerprint density at radius 1 is 1.30 bits per heavy atom.